The molecule has 1 aliphatic heterocycles. The Morgan fingerprint density at radius 1 is 0.932 bits per heavy atom. The second-order valence-electron chi connectivity index (χ2n) is 10.6. The van der Waals surface area contributed by atoms with E-state index in [1.165, 1.54) is 0 Å². The van der Waals surface area contributed by atoms with Crippen LogP contribution in [0.2, 0.25) is 0 Å². The lowest BCUT2D eigenvalue weighted by molar-refractivity contribution is -0.128. The molecule has 0 aliphatic carbocycles. The molecule has 5 rings (SSSR count). The molecule has 2 N–H and O–H groups in total. The molecule has 0 radical (unpaired) electrons. The highest BCUT2D eigenvalue weighted by atomic mass is 16.5. The Balaban J connectivity index is 1.45. The molecule has 0 fully saturated rings. The van der Waals surface area contributed by atoms with Crippen molar-refractivity contribution >= 4 is 17.9 Å². The number of ether oxygens (including phenoxy) is 3. The van der Waals surface area contributed by atoms with Crippen LogP contribution in [-0.4, -0.2) is 49.3 Å². The highest BCUT2D eigenvalue weighted by molar-refractivity contribution is 6.01. The van der Waals surface area contributed by atoms with Crippen molar-refractivity contribution in [1.82, 2.24) is 5.32 Å². The van der Waals surface area contributed by atoms with Crippen LogP contribution in [0.3, 0.4) is 0 Å². The van der Waals surface area contributed by atoms with Crippen LogP contribution >= 0.6 is 0 Å². The van der Waals surface area contributed by atoms with Gasteiger partial charge in [-0.2, -0.15) is 0 Å². The zero-order chi connectivity index (χ0) is 30.6. The number of aliphatic hydroxyl groups is 1. The predicted octanol–water partition coefficient (Wildman–Crippen LogP) is 6.18. The van der Waals surface area contributed by atoms with Crippen LogP contribution in [0.5, 0.6) is 11.5 Å². The van der Waals surface area contributed by atoms with E-state index in [0.29, 0.717) is 44.1 Å². The molecule has 226 valence electrons. The van der Waals surface area contributed by atoms with E-state index in [-0.39, 0.29) is 12.5 Å². The van der Waals surface area contributed by atoms with E-state index < -0.39 is 11.6 Å². The Morgan fingerprint density at radius 3 is 2.30 bits per heavy atom. The summed E-state index contributed by atoms with van der Waals surface area (Å²) in [6, 6.07) is 35.1. The lowest BCUT2D eigenvalue weighted by Gasteiger charge is -2.29. The number of aliphatic imine (C=N–C) groups is 1. The number of methoxy groups -OCH3 is 1. The van der Waals surface area contributed by atoms with Gasteiger partial charge in [0.15, 0.2) is 11.6 Å². The Morgan fingerprint density at radius 2 is 1.61 bits per heavy atom. The number of carbonyl (C=O) groups excluding carboxylic acids is 1. The van der Waals surface area contributed by atoms with Crippen LogP contribution in [0, 0.1) is 0 Å². The summed E-state index contributed by atoms with van der Waals surface area (Å²) in [7, 11) is 1.64. The third-order valence-corrected chi connectivity index (χ3v) is 7.53. The van der Waals surface area contributed by atoms with Crippen LogP contribution < -0.4 is 14.8 Å². The van der Waals surface area contributed by atoms with Crippen molar-refractivity contribution in [3.05, 3.63) is 138 Å². The molecule has 0 saturated carbocycles. The molecular weight excluding hydrogens is 552 g/mol. The van der Waals surface area contributed by atoms with Gasteiger partial charge in [-0.25, -0.2) is 4.99 Å². The number of rotatable bonds is 14. The molecule has 0 aromatic heterocycles. The van der Waals surface area contributed by atoms with Crippen molar-refractivity contribution in [2.75, 3.05) is 26.9 Å². The highest BCUT2D eigenvalue weighted by Crippen LogP contribution is 2.43. The minimum Gasteiger partial charge on any atom is -0.497 e. The van der Waals surface area contributed by atoms with Crippen molar-refractivity contribution in [1.29, 1.82) is 0 Å². The van der Waals surface area contributed by atoms with E-state index in [0.717, 1.165) is 28.0 Å². The maximum Gasteiger partial charge on any atom is 0.252 e. The van der Waals surface area contributed by atoms with E-state index in [4.69, 9.17) is 24.3 Å². The molecule has 4 aromatic carbocycles. The quantitative estimate of drug-likeness (QED) is 0.171. The average Bonchev–Trinajstić information content (AvgIpc) is 3.47. The van der Waals surface area contributed by atoms with Crippen molar-refractivity contribution in [2.24, 2.45) is 4.99 Å². The molecule has 1 aliphatic rings. The number of nitrogens with zero attached hydrogens (tertiary/aromatic N) is 1. The fourth-order valence-electron chi connectivity index (χ4n) is 5.15. The van der Waals surface area contributed by atoms with Crippen LogP contribution in [0.4, 0.5) is 0 Å². The first-order chi connectivity index (χ1) is 21.6. The first-order valence-electron chi connectivity index (χ1n) is 14.9. The van der Waals surface area contributed by atoms with E-state index in [9.17, 15) is 4.79 Å². The maximum atomic E-state index is 14.3. The average molecular weight is 591 g/mol. The first kappa shape index (κ1) is 30.6. The van der Waals surface area contributed by atoms with E-state index in [1.54, 1.807) is 7.11 Å². The second-order valence-corrected chi connectivity index (χ2v) is 10.6. The van der Waals surface area contributed by atoms with Gasteiger partial charge in [0.2, 0.25) is 5.90 Å². The van der Waals surface area contributed by atoms with Crippen LogP contribution in [0.25, 0.3) is 6.08 Å². The lowest BCUT2D eigenvalue weighted by Crippen LogP contribution is -2.48. The highest BCUT2D eigenvalue weighted by Gasteiger charge is 2.52. The summed E-state index contributed by atoms with van der Waals surface area (Å²) >= 11 is 0. The summed E-state index contributed by atoms with van der Waals surface area (Å²) < 4.78 is 17.5. The Kier molecular flexibility index (Phi) is 10.4. The summed E-state index contributed by atoms with van der Waals surface area (Å²) in [5, 5.41) is 12.2. The summed E-state index contributed by atoms with van der Waals surface area (Å²) in [5.41, 5.74) is 2.52. The van der Waals surface area contributed by atoms with E-state index in [1.807, 2.05) is 121 Å². The molecule has 44 heavy (non-hydrogen) atoms. The molecule has 0 saturated heterocycles. The number of hydrogen-bond donors (Lipinski definition) is 2. The van der Waals surface area contributed by atoms with E-state index in [2.05, 4.69) is 5.32 Å². The molecule has 0 bridgehead atoms. The van der Waals surface area contributed by atoms with Gasteiger partial charge in [-0.1, -0.05) is 84.9 Å². The van der Waals surface area contributed by atoms with Gasteiger partial charge in [0.25, 0.3) is 5.91 Å². The normalized spacial score (nSPS) is 17.6. The maximum absolute atomic E-state index is 14.3. The van der Waals surface area contributed by atoms with Crippen molar-refractivity contribution in [3.8, 4) is 11.5 Å². The zero-order valence-corrected chi connectivity index (χ0v) is 24.9. The molecule has 7 heteroatoms. The standard InChI is InChI=1S/C37H38N2O5/c1-42-32-19-15-29(16-20-32)23-25-38-36(41)37(24-8-12-28-10-4-2-5-11-28)34(30-13-6-3-7-14-30)44-35(39-37)31-17-21-33(22-18-31)43-27-9-26-40/h2-8,10-22,34,40H,9,23-27H2,1H3,(H,38,41)/b12-8+/t34-,37-/m1/s1. The van der Waals surface area contributed by atoms with Crippen molar-refractivity contribution in [2.45, 2.75) is 30.9 Å². The summed E-state index contributed by atoms with van der Waals surface area (Å²) in [5.74, 6) is 1.69. The topological polar surface area (TPSA) is 89.4 Å². The first-order valence-corrected chi connectivity index (χ1v) is 14.9. The van der Waals surface area contributed by atoms with Gasteiger partial charge in [0.05, 0.1) is 13.7 Å². The summed E-state index contributed by atoms with van der Waals surface area (Å²) in [4.78, 5) is 19.3. The predicted molar refractivity (Wildman–Crippen MR) is 173 cm³/mol. The van der Waals surface area contributed by atoms with Gasteiger partial charge in [0, 0.05) is 31.6 Å². The number of benzene rings is 4. The SMILES string of the molecule is COc1ccc(CCNC(=O)[C@]2(C/C=C/c3ccccc3)N=C(c3ccc(OCCCO)cc3)O[C@@H]2c2ccccc2)cc1. The minimum absolute atomic E-state index is 0.0760. The van der Waals surface area contributed by atoms with Gasteiger partial charge in [0.1, 0.15) is 11.5 Å². The van der Waals surface area contributed by atoms with Gasteiger partial charge in [-0.05, 0) is 59.5 Å². The van der Waals surface area contributed by atoms with Gasteiger partial charge in [-0.15, -0.1) is 0 Å². The number of aliphatic hydroxyl groups excluding tert-OH is 1. The van der Waals surface area contributed by atoms with E-state index >= 15 is 0 Å². The Hall–Kier alpha value is -4.88. The third-order valence-electron chi connectivity index (χ3n) is 7.53. The monoisotopic (exact) mass is 590 g/mol. The smallest absolute Gasteiger partial charge is 0.252 e. The fraction of sp³-hybridized carbons (Fsp3) is 0.243. The second kappa shape index (κ2) is 15.0. The van der Waals surface area contributed by atoms with Crippen LogP contribution in [0.15, 0.2) is 120 Å². The molecule has 7 nitrogen and oxygen atoms in total. The summed E-state index contributed by atoms with van der Waals surface area (Å²) in [6.45, 7) is 0.949. The number of carbonyl (C=O) groups is 1. The van der Waals surface area contributed by atoms with Crippen molar-refractivity contribution < 1.29 is 24.1 Å². The van der Waals surface area contributed by atoms with Gasteiger partial charge < -0.3 is 24.6 Å². The van der Waals surface area contributed by atoms with Crippen molar-refractivity contribution in [3.63, 3.8) is 0 Å². The largest absolute Gasteiger partial charge is 0.497 e. The molecule has 1 heterocycles. The third kappa shape index (κ3) is 7.54. The molecule has 0 spiro atoms. The molecule has 2 atom stereocenters. The molecule has 0 unspecified atom stereocenters. The Bertz CT molecular complexity index is 1540. The van der Waals surface area contributed by atoms with Crippen LogP contribution in [0.1, 0.15) is 41.2 Å². The fourth-order valence-corrected chi connectivity index (χ4v) is 5.15. The number of amides is 1. The van der Waals surface area contributed by atoms with Crippen LogP contribution in [-0.2, 0) is 16.0 Å². The zero-order valence-electron chi connectivity index (χ0n) is 24.9. The molecule has 4 aromatic rings. The lowest BCUT2D eigenvalue weighted by atomic mass is 9.84. The minimum atomic E-state index is -1.24. The Labute approximate surface area is 258 Å². The number of nitrogens with one attached hydrogen (secondary N) is 1. The molecular formula is C37H38N2O5. The molecule has 1 amide bonds. The van der Waals surface area contributed by atoms with Gasteiger partial charge >= 0.3 is 0 Å². The summed E-state index contributed by atoms with van der Waals surface area (Å²) in [6.07, 6.45) is 4.94. The van der Waals surface area contributed by atoms with Gasteiger partial charge in [-0.3, -0.25) is 4.79 Å². The number of hydrogen-bond acceptors (Lipinski definition) is 6.